The van der Waals surface area contributed by atoms with Gasteiger partial charge in [-0.25, -0.2) is 9.67 Å². The van der Waals surface area contributed by atoms with Gasteiger partial charge >= 0.3 is 0 Å². The molecule has 5 rings (SSSR count). The van der Waals surface area contributed by atoms with E-state index in [4.69, 9.17) is 19.4 Å². The Morgan fingerprint density at radius 3 is 2.76 bits per heavy atom. The van der Waals surface area contributed by atoms with E-state index in [1.54, 1.807) is 4.68 Å². The van der Waals surface area contributed by atoms with Crippen molar-refractivity contribution in [2.45, 2.75) is 77.5 Å². The predicted octanol–water partition coefficient (Wildman–Crippen LogP) is 4.00. The number of nitriles is 1. The lowest BCUT2D eigenvalue weighted by Gasteiger charge is -2.31. The average molecular weight is 574 g/mol. The van der Waals surface area contributed by atoms with E-state index in [0.717, 1.165) is 66.3 Å². The van der Waals surface area contributed by atoms with Crippen LogP contribution >= 0.6 is 0 Å². The Balaban J connectivity index is 1.11. The SMILES string of the molecule is Cc1cnc(CC2CCC(N[C@H](C)COCc3nnnn3C)CC2)cc1-c1cccc(NCC2(C#N)CCOCC2)n1. The molecule has 0 spiro atoms. The van der Waals surface area contributed by atoms with E-state index >= 15 is 0 Å². The summed E-state index contributed by atoms with van der Waals surface area (Å²) in [6.45, 7) is 7.16. The highest BCUT2D eigenvalue weighted by molar-refractivity contribution is 5.65. The van der Waals surface area contributed by atoms with Crippen LogP contribution in [0.1, 0.15) is 62.5 Å². The molecule has 1 saturated carbocycles. The van der Waals surface area contributed by atoms with Crippen LogP contribution in [0.25, 0.3) is 11.3 Å². The molecule has 11 nitrogen and oxygen atoms in total. The zero-order valence-corrected chi connectivity index (χ0v) is 25.1. The summed E-state index contributed by atoms with van der Waals surface area (Å²) >= 11 is 0. The molecule has 3 aromatic heterocycles. The fourth-order valence-corrected chi connectivity index (χ4v) is 5.96. The van der Waals surface area contributed by atoms with Crippen molar-refractivity contribution in [2.75, 3.05) is 31.7 Å². The van der Waals surface area contributed by atoms with Crippen molar-refractivity contribution in [3.8, 4) is 17.3 Å². The summed E-state index contributed by atoms with van der Waals surface area (Å²) in [5.74, 6) is 2.15. The van der Waals surface area contributed by atoms with E-state index in [9.17, 15) is 5.26 Å². The molecule has 0 aromatic carbocycles. The summed E-state index contributed by atoms with van der Waals surface area (Å²) in [7, 11) is 1.82. The topological polar surface area (TPSA) is 136 Å². The monoisotopic (exact) mass is 573 g/mol. The largest absolute Gasteiger partial charge is 0.381 e. The number of anilines is 1. The zero-order chi connectivity index (χ0) is 29.4. The van der Waals surface area contributed by atoms with Crippen LogP contribution in [0.15, 0.2) is 30.5 Å². The molecule has 1 aliphatic heterocycles. The standard InChI is InChI=1S/C31H43N9O2/c1-22-17-33-26(15-24-7-9-25(10-8-24)35-23(2)18-42-19-30-37-38-39-40(30)3)16-27(22)28-5-4-6-29(36-28)34-21-31(20-32)11-13-41-14-12-31/h4-6,16-17,23-25,35H,7-15,18-19,21H2,1-3H3,(H,34,36)/t23-,24?,25?/m1/s1. The van der Waals surface area contributed by atoms with E-state index in [-0.39, 0.29) is 6.04 Å². The maximum Gasteiger partial charge on any atom is 0.176 e. The first-order valence-corrected chi connectivity index (χ1v) is 15.1. The molecule has 2 N–H and O–H groups in total. The van der Waals surface area contributed by atoms with E-state index in [1.165, 1.54) is 12.8 Å². The van der Waals surface area contributed by atoms with E-state index in [0.29, 0.717) is 44.9 Å². The molecule has 0 radical (unpaired) electrons. The second-order valence-electron chi connectivity index (χ2n) is 12.0. The first-order chi connectivity index (χ1) is 20.4. The Morgan fingerprint density at radius 2 is 2.02 bits per heavy atom. The van der Waals surface area contributed by atoms with E-state index < -0.39 is 5.41 Å². The molecule has 224 valence electrons. The van der Waals surface area contributed by atoms with Crippen molar-refractivity contribution >= 4 is 5.82 Å². The van der Waals surface area contributed by atoms with Gasteiger partial charge in [0.1, 0.15) is 12.4 Å². The van der Waals surface area contributed by atoms with Gasteiger partial charge in [-0.1, -0.05) is 6.07 Å². The number of pyridine rings is 2. The van der Waals surface area contributed by atoms with Crippen LogP contribution in [0.2, 0.25) is 0 Å². The van der Waals surface area contributed by atoms with Gasteiger partial charge in [0.2, 0.25) is 0 Å². The Morgan fingerprint density at radius 1 is 1.21 bits per heavy atom. The van der Waals surface area contributed by atoms with Gasteiger partial charge in [0.05, 0.1) is 23.8 Å². The van der Waals surface area contributed by atoms with Gasteiger partial charge in [-0.3, -0.25) is 4.98 Å². The molecule has 3 aromatic rings. The lowest BCUT2D eigenvalue weighted by molar-refractivity contribution is 0.0455. The zero-order valence-electron chi connectivity index (χ0n) is 25.1. The van der Waals surface area contributed by atoms with Crippen molar-refractivity contribution in [3.63, 3.8) is 0 Å². The Labute approximate surface area is 248 Å². The highest BCUT2D eigenvalue weighted by atomic mass is 16.5. The summed E-state index contributed by atoms with van der Waals surface area (Å²) in [4.78, 5) is 9.70. The maximum atomic E-state index is 9.79. The van der Waals surface area contributed by atoms with Crippen molar-refractivity contribution < 1.29 is 9.47 Å². The minimum Gasteiger partial charge on any atom is -0.381 e. The number of hydrogen-bond donors (Lipinski definition) is 2. The summed E-state index contributed by atoms with van der Waals surface area (Å²) in [6, 6.07) is 11.6. The Kier molecular flexibility index (Phi) is 10.1. The summed E-state index contributed by atoms with van der Waals surface area (Å²) < 4.78 is 12.9. The number of nitrogens with one attached hydrogen (secondary N) is 2. The molecule has 1 atom stereocenters. The highest BCUT2D eigenvalue weighted by Gasteiger charge is 2.32. The minimum atomic E-state index is -0.397. The van der Waals surface area contributed by atoms with Crippen LogP contribution < -0.4 is 10.6 Å². The molecule has 42 heavy (non-hydrogen) atoms. The van der Waals surface area contributed by atoms with Gasteiger partial charge in [0.15, 0.2) is 5.82 Å². The molecule has 2 aliphatic rings. The highest BCUT2D eigenvalue weighted by Crippen LogP contribution is 2.31. The summed E-state index contributed by atoms with van der Waals surface area (Å²) in [5, 5.41) is 28.4. The summed E-state index contributed by atoms with van der Waals surface area (Å²) in [6.07, 6.45) is 9.14. The fraction of sp³-hybridized carbons (Fsp3) is 0.613. The first kappa shape index (κ1) is 30.0. The fourth-order valence-electron chi connectivity index (χ4n) is 5.96. The molecular formula is C31H43N9O2. The number of aromatic nitrogens is 6. The van der Waals surface area contributed by atoms with Crippen LogP contribution in [-0.2, 0) is 29.5 Å². The third kappa shape index (κ3) is 7.88. The molecule has 0 amide bonds. The maximum absolute atomic E-state index is 9.79. The molecule has 0 bridgehead atoms. The van der Waals surface area contributed by atoms with Gasteiger partial charge in [0.25, 0.3) is 0 Å². The number of aryl methyl sites for hydroxylation is 2. The van der Waals surface area contributed by atoms with Gasteiger partial charge in [-0.2, -0.15) is 5.26 Å². The molecule has 2 fully saturated rings. The lowest BCUT2D eigenvalue weighted by Crippen LogP contribution is -2.41. The van der Waals surface area contributed by atoms with Crippen molar-refractivity contribution in [1.82, 2.24) is 35.5 Å². The molecule has 11 heteroatoms. The molecule has 4 heterocycles. The van der Waals surface area contributed by atoms with E-state index in [1.807, 2.05) is 25.4 Å². The number of rotatable bonds is 12. The van der Waals surface area contributed by atoms with Gasteiger partial charge in [-0.05, 0) is 98.9 Å². The van der Waals surface area contributed by atoms with Crippen molar-refractivity contribution in [2.24, 2.45) is 18.4 Å². The molecule has 0 unspecified atom stereocenters. The third-order valence-corrected chi connectivity index (χ3v) is 8.65. The van der Waals surface area contributed by atoms with Gasteiger partial charge in [0, 0.05) is 56.3 Å². The van der Waals surface area contributed by atoms with Crippen LogP contribution in [0, 0.1) is 29.6 Å². The smallest absolute Gasteiger partial charge is 0.176 e. The number of nitrogens with zero attached hydrogens (tertiary/aromatic N) is 7. The number of ether oxygens (including phenoxy) is 2. The number of hydrogen-bond acceptors (Lipinski definition) is 10. The Bertz CT molecular complexity index is 1340. The van der Waals surface area contributed by atoms with E-state index in [2.05, 4.69) is 58.2 Å². The average Bonchev–Trinajstić information content (AvgIpc) is 3.43. The first-order valence-electron chi connectivity index (χ1n) is 15.1. The molecule has 1 aliphatic carbocycles. The normalized spacial score (nSPS) is 21.0. The van der Waals surface area contributed by atoms with Crippen LogP contribution in [-0.4, -0.2) is 68.6 Å². The quantitative estimate of drug-likeness (QED) is 0.327. The lowest BCUT2D eigenvalue weighted by atomic mass is 9.82. The number of tetrazole rings is 1. The second-order valence-corrected chi connectivity index (χ2v) is 12.0. The van der Waals surface area contributed by atoms with Crippen LogP contribution in [0.5, 0.6) is 0 Å². The minimum absolute atomic E-state index is 0.272. The second kappa shape index (κ2) is 14.1. The predicted molar refractivity (Wildman–Crippen MR) is 159 cm³/mol. The van der Waals surface area contributed by atoms with Crippen LogP contribution in [0.3, 0.4) is 0 Å². The molecular weight excluding hydrogens is 530 g/mol. The third-order valence-electron chi connectivity index (χ3n) is 8.65. The van der Waals surface area contributed by atoms with Crippen molar-refractivity contribution in [1.29, 1.82) is 5.26 Å². The Hall–Kier alpha value is -3.46. The van der Waals surface area contributed by atoms with Crippen molar-refractivity contribution in [3.05, 3.63) is 47.5 Å². The van der Waals surface area contributed by atoms with Gasteiger partial charge < -0.3 is 20.1 Å². The summed E-state index contributed by atoms with van der Waals surface area (Å²) in [5.41, 5.74) is 3.88. The molecule has 1 saturated heterocycles. The van der Waals surface area contributed by atoms with Crippen LogP contribution in [0.4, 0.5) is 5.82 Å². The van der Waals surface area contributed by atoms with Gasteiger partial charge in [-0.15, -0.1) is 5.10 Å².